The molecule has 3 aliphatic rings. The summed E-state index contributed by atoms with van der Waals surface area (Å²) in [7, 11) is 0. The Morgan fingerprint density at radius 2 is 1.84 bits per heavy atom. The van der Waals surface area contributed by atoms with E-state index >= 15 is 0 Å². The van der Waals surface area contributed by atoms with Gasteiger partial charge in [-0.05, 0) is 36.5 Å². The molecule has 2 saturated heterocycles. The molecule has 0 N–H and O–H groups in total. The van der Waals surface area contributed by atoms with Crippen LogP contribution in [0.25, 0.3) is 0 Å². The Morgan fingerprint density at radius 1 is 1.08 bits per heavy atom. The highest BCUT2D eigenvalue weighted by Crippen LogP contribution is 2.31. The normalized spacial score (nSPS) is 23.1. The molecule has 0 atom stereocenters. The van der Waals surface area contributed by atoms with Gasteiger partial charge in [0.25, 0.3) is 0 Å². The monoisotopic (exact) mass is 361 g/mol. The topological polar surface area (TPSA) is 36.0 Å². The van der Waals surface area contributed by atoms with E-state index in [1.165, 1.54) is 24.3 Å². The third kappa shape index (κ3) is 3.96. The molecule has 6 heteroatoms. The van der Waals surface area contributed by atoms with Crippen molar-refractivity contribution in [2.45, 2.75) is 18.9 Å². The summed E-state index contributed by atoms with van der Waals surface area (Å²) in [5, 5.41) is 0. The standard InChI is InChI=1S/C19H27N3O2S/c23-19(22-11-12-24-18-4-2-1-3-17(18)22)15-20-7-9-21(10-8-20)16-5-13-25-14-6-16/h1-4,16H,5-15H2. The quantitative estimate of drug-likeness (QED) is 0.822. The molecule has 136 valence electrons. The number of carbonyl (C=O) groups excluding carboxylic acids is 1. The molecular formula is C19H27N3O2S. The van der Waals surface area contributed by atoms with Gasteiger partial charge in [-0.3, -0.25) is 14.6 Å². The number of amides is 1. The first-order valence-electron chi connectivity index (χ1n) is 9.37. The second-order valence-corrected chi connectivity index (χ2v) is 8.24. The zero-order chi connectivity index (χ0) is 17.1. The van der Waals surface area contributed by atoms with Crippen molar-refractivity contribution < 1.29 is 9.53 Å². The number of benzene rings is 1. The van der Waals surface area contributed by atoms with E-state index in [0.717, 1.165) is 43.7 Å². The van der Waals surface area contributed by atoms with Crippen LogP contribution in [0.4, 0.5) is 5.69 Å². The number of hydrogen-bond acceptors (Lipinski definition) is 5. The molecule has 4 rings (SSSR count). The molecule has 0 spiro atoms. The molecule has 0 saturated carbocycles. The Morgan fingerprint density at radius 3 is 2.64 bits per heavy atom. The molecule has 25 heavy (non-hydrogen) atoms. The van der Waals surface area contributed by atoms with Crippen LogP contribution in [0.1, 0.15) is 12.8 Å². The van der Waals surface area contributed by atoms with Crippen molar-refractivity contribution in [2.24, 2.45) is 0 Å². The number of fused-ring (bicyclic) bond motifs is 1. The minimum Gasteiger partial charge on any atom is -0.490 e. The van der Waals surface area contributed by atoms with Crippen LogP contribution in [0.3, 0.4) is 0 Å². The van der Waals surface area contributed by atoms with Crippen LogP contribution in [0.2, 0.25) is 0 Å². The summed E-state index contributed by atoms with van der Waals surface area (Å²) in [6, 6.07) is 8.61. The van der Waals surface area contributed by atoms with Gasteiger partial charge in [0, 0.05) is 32.2 Å². The summed E-state index contributed by atoms with van der Waals surface area (Å²) in [5.41, 5.74) is 0.914. The molecule has 0 bridgehead atoms. The van der Waals surface area contributed by atoms with Crippen molar-refractivity contribution in [3.8, 4) is 5.75 Å². The lowest BCUT2D eigenvalue weighted by Gasteiger charge is -2.41. The van der Waals surface area contributed by atoms with E-state index in [4.69, 9.17) is 4.74 Å². The van der Waals surface area contributed by atoms with Crippen molar-refractivity contribution in [3.63, 3.8) is 0 Å². The average molecular weight is 362 g/mol. The number of rotatable bonds is 3. The second kappa shape index (κ2) is 7.98. The van der Waals surface area contributed by atoms with Gasteiger partial charge in [0.2, 0.25) is 5.91 Å². The summed E-state index contributed by atoms with van der Waals surface area (Å²) < 4.78 is 5.66. The number of nitrogens with zero attached hydrogens (tertiary/aromatic N) is 3. The molecule has 1 aromatic rings. The van der Waals surface area contributed by atoms with Crippen LogP contribution >= 0.6 is 11.8 Å². The molecule has 3 aliphatic heterocycles. The van der Waals surface area contributed by atoms with E-state index < -0.39 is 0 Å². The van der Waals surface area contributed by atoms with Crippen LogP contribution in [0.5, 0.6) is 5.75 Å². The Balaban J connectivity index is 1.31. The van der Waals surface area contributed by atoms with Crippen molar-refractivity contribution >= 4 is 23.4 Å². The number of piperazine rings is 1. The first-order valence-corrected chi connectivity index (χ1v) is 10.5. The molecule has 1 amide bonds. The summed E-state index contributed by atoms with van der Waals surface area (Å²) in [5.74, 6) is 3.62. The van der Waals surface area contributed by atoms with E-state index in [1.807, 2.05) is 29.2 Å². The van der Waals surface area contributed by atoms with E-state index in [0.29, 0.717) is 19.7 Å². The van der Waals surface area contributed by atoms with E-state index in [1.54, 1.807) is 0 Å². The average Bonchev–Trinajstić information content (AvgIpc) is 2.69. The largest absolute Gasteiger partial charge is 0.490 e. The Hall–Kier alpha value is -1.24. The Kier molecular flexibility index (Phi) is 5.48. The van der Waals surface area contributed by atoms with Crippen molar-refractivity contribution in [2.75, 3.05) is 62.3 Å². The smallest absolute Gasteiger partial charge is 0.241 e. The first kappa shape index (κ1) is 17.2. The van der Waals surface area contributed by atoms with E-state index in [9.17, 15) is 4.79 Å². The second-order valence-electron chi connectivity index (χ2n) is 7.02. The van der Waals surface area contributed by atoms with Crippen LogP contribution in [-0.4, -0.2) is 79.1 Å². The van der Waals surface area contributed by atoms with Crippen molar-refractivity contribution in [1.82, 2.24) is 9.80 Å². The lowest BCUT2D eigenvalue weighted by atomic mass is 10.1. The van der Waals surface area contributed by atoms with Crippen LogP contribution in [0.15, 0.2) is 24.3 Å². The number of carbonyl (C=O) groups is 1. The number of ether oxygens (including phenoxy) is 1. The number of hydrogen-bond donors (Lipinski definition) is 0. The maximum absolute atomic E-state index is 12.8. The molecule has 0 aromatic heterocycles. The summed E-state index contributed by atoms with van der Waals surface area (Å²) in [4.78, 5) is 19.7. The fourth-order valence-corrected chi connectivity index (χ4v) is 5.12. The molecule has 0 aliphatic carbocycles. The van der Waals surface area contributed by atoms with Gasteiger partial charge in [0.05, 0.1) is 18.8 Å². The van der Waals surface area contributed by atoms with Gasteiger partial charge in [0.15, 0.2) is 0 Å². The van der Waals surface area contributed by atoms with Crippen LogP contribution < -0.4 is 9.64 Å². The highest BCUT2D eigenvalue weighted by atomic mass is 32.2. The number of thioether (sulfide) groups is 1. The zero-order valence-electron chi connectivity index (χ0n) is 14.7. The van der Waals surface area contributed by atoms with Gasteiger partial charge in [-0.15, -0.1) is 0 Å². The minimum absolute atomic E-state index is 0.193. The Labute approximate surface area is 154 Å². The van der Waals surface area contributed by atoms with Gasteiger partial charge in [-0.2, -0.15) is 11.8 Å². The molecular weight excluding hydrogens is 334 g/mol. The fourth-order valence-electron chi connectivity index (χ4n) is 4.04. The number of anilines is 1. The third-order valence-electron chi connectivity index (χ3n) is 5.50. The summed E-state index contributed by atoms with van der Waals surface area (Å²) in [6.07, 6.45) is 2.66. The number of para-hydroxylation sites is 2. The lowest BCUT2D eigenvalue weighted by Crippen LogP contribution is -2.53. The van der Waals surface area contributed by atoms with Gasteiger partial charge >= 0.3 is 0 Å². The lowest BCUT2D eigenvalue weighted by molar-refractivity contribution is -0.120. The maximum atomic E-state index is 12.8. The van der Waals surface area contributed by atoms with E-state index in [-0.39, 0.29) is 5.91 Å². The van der Waals surface area contributed by atoms with Gasteiger partial charge in [-0.1, -0.05) is 12.1 Å². The Bertz CT molecular complexity index is 598. The summed E-state index contributed by atoms with van der Waals surface area (Å²) in [6.45, 7) is 5.95. The van der Waals surface area contributed by atoms with Crippen molar-refractivity contribution in [3.05, 3.63) is 24.3 Å². The van der Waals surface area contributed by atoms with Crippen LogP contribution in [0, 0.1) is 0 Å². The summed E-state index contributed by atoms with van der Waals surface area (Å²) >= 11 is 2.08. The zero-order valence-corrected chi connectivity index (χ0v) is 15.5. The SMILES string of the molecule is O=C(CN1CCN(C2CCSCC2)CC1)N1CCOc2ccccc21. The fraction of sp³-hybridized carbons (Fsp3) is 0.632. The minimum atomic E-state index is 0.193. The first-order chi connectivity index (χ1) is 12.3. The van der Waals surface area contributed by atoms with Gasteiger partial charge in [-0.25, -0.2) is 0 Å². The van der Waals surface area contributed by atoms with Gasteiger partial charge < -0.3 is 9.64 Å². The molecule has 0 radical (unpaired) electrons. The molecule has 5 nitrogen and oxygen atoms in total. The predicted molar refractivity (Wildman–Crippen MR) is 103 cm³/mol. The molecule has 1 aromatic carbocycles. The highest BCUT2D eigenvalue weighted by molar-refractivity contribution is 7.99. The van der Waals surface area contributed by atoms with E-state index in [2.05, 4.69) is 21.6 Å². The molecule has 3 heterocycles. The molecule has 0 unspecified atom stereocenters. The van der Waals surface area contributed by atoms with Crippen molar-refractivity contribution in [1.29, 1.82) is 0 Å². The van der Waals surface area contributed by atoms with Crippen LogP contribution in [-0.2, 0) is 4.79 Å². The highest BCUT2D eigenvalue weighted by Gasteiger charge is 2.28. The van der Waals surface area contributed by atoms with Gasteiger partial charge in [0.1, 0.15) is 12.4 Å². The maximum Gasteiger partial charge on any atom is 0.241 e. The molecule has 2 fully saturated rings. The predicted octanol–water partition coefficient (Wildman–Crippen LogP) is 1.93. The third-order valence-corrected chi connectivity index (χ3v) is 6.55.